The second-order valence-corrected chi connectivity index (χ2v) is 9.65. The molecular formula is C32H36N4O. The summed E-state index contributed by atoms with van der Waals surface area (Å²) in [7, 11) is 4.33. The largest absolute Gasteiger partial charge is 0.375 e. The lowest BCUT2D eigenvalue weighted by Gasteiger charge is -2.59. The van der Waals surface area contributed by atoms with Crippen LogP contribution in [0.3, 0.4) is 0 Å². The number of hydrazine groups is 1. The molecule has 1 aliphatic heterocycles. The first kappa shape index (κ1) is 25.2. The molecule has 1 saturated heterocycles. The van der Waals surface area contributed by atoms with Gasteiger partial charge in [0.2, 0.25) is 0 Å². The Morgan fingerprint density at radius 3 is 1.51 bits per heavy atom. The third-order valence-corrected chi connectivity index (χ3v) is 7.05. The van der Waals surface area contributed by atoms with Crippen molar-refractivity contribution in [1.82, 2.24) is 14.8 Å². The molecule has 0 amide bonds. The summed E-state index contributed by atoms with van der Waals surface area (Å²) in [5, 5.41) is 4.86. The molecule has 1 aliphatic rings. The van der Waals surface area contributed by atoms with Gasteiger partial charge in [-0.15, -0.1) is 0 Å². The van der Waals surface area contributed by atoms with Crippen molar-refractivity contribution in [3.63, 3.8) is 0 Å². The molecule has 190 valence electrons. The standard InChI is InChI=1S/C32H36N4O/c1-33(2)32(34(25-28-15-7-3-8-16-28)26-29-17-9-4-10-18-29)27-37-24-23-35(32)36(30-19-11-5-12-20-30)31-21-13-6-14-22-31/h3-22H,23-27H2,1-2H3. The summed E-state index contributed by atoms with van der Waals surface area (Å²) in [5.74, 6) is -0.546. The zero-order valence-electron chi connectivity index (χ0n) is 21.8. The summed E-state index contributed by atoms with van der Waals surface area (Å²) in [4.78, 5) is 4.87. The highest BCUT2D eigenvalue weighted by atomic mass is 16.5. The van der Waals surface area contributed by atoms with Crippen LogP contribution in [0.25, 0.3) is 0 Å². The second kappa shape index (κ2) is 11.7. The molecule has 1 unspecified atom stereocenters. The normalized spacial score (nSPS) is 18.3. The van der Waals surface area contributed by atoms with E-state index in [-0.39, 0.29) is 0 Å². The summed E-state index contributed by atoms with van der Waals surface area (Å²) in [6, 6.07) is 42.8. The molecule has 4 aromatic carbocycles. The molecule has 0 spiro atoms. The van der Waals surface area contributed by atoms with Crippen molar-refractivity contribution in [1.29, 1.82) is 0 Å². The van der Waals surface area contributed by atoms with Gasteiger partial charge in [-0.3, -0.25) is 14.8 Å². The maximum absolute atomic E-state index is 6.30. The maximum Gasteiger partial charge on any atom is 0.172 e. The van der Waals surface area contributed by atoms with Gasteiger partial charge in [0.15, 0.2) is 5.79 Å². The zero-order valence-corrected chi connectivity index (χ0v) is 21.8. The fourth-order valence-corrected chi connectivity index (χ4v) is 5.25. The zero-order chi connectivity index (χ0) is 25.5. The van der Waals surface area contributed by atoms with Gasteiger partial charge in [-0.25, -0.2) is 0 Å². The smallest absolute Gasteiger partial charge is 0.172 e. The molecule has 0 aliphatic carbocycles. The Balaban J connectivity index is 1.65. The Hall–Kier alpha value is -3.48. The highest BCUT2D eigenvalue weighted by Crippen LogP contribution is 2.37. The van der Waals surface area contributed by atoms with Gasteiger partial charge >= 0.3 is 0 Å². The van der Waals surface area contributed by atoms with Gasteiger partial charge in [-0.05, 0) is 49.5 Å². The van der Waals surface area contributed by atoms with E-state index in [2.05, 4.69) is 155 Å². The number of hydrogen-bond acceptors (Lipinski definition) is 5. The number of para-hydroxylation sites is 2. The third-order valence-electron chi connectivity index (χ3n) is 7.05. The number of benzene rings is 4. The van der Waals surface area contributed by atoms with Crippen molar-refractivity contribution in [2.75, 3.05) is 38.9 Å². The minimum atomic E-state index is -0.546. The van der Waals surface area contributed by atoms with Crippen molar-refractivity contribution in [3.05, 3.63) is 132 Å². The highest BCUT2D eigenvalue weighted by Gasteiger charge is 2.50. The van der Waals surface area contributed by atoms with E-state index in [4.69, 9.17) is 4.74 Å². The van der Waals surface area contributed by atoms with Crippen LogP contribution in [0.5, 0.6) is 0 Å². The molecule has 5 heteroatoms. The number of likely N-dealkylation sites (N-methyl/N-ethyl adjacent to an activating group) is 1. The van der Waals surface area contributed by atoms with E-state index < -0.39 is 5.79 Å². The molecule has 5 nitrogen and oxygen atoms in total. The summed E-state index contributed by atoms with van der Waals surface area (Å²) < 4.78 is 6.30. The molecule has 0 aromatic heterocycles. The van der Waals surface area contributed by atoms with Crippen molar-refractivity contribution >= 4 is 11.4 Å². The van der Waals surface area contributed by atoms with Crippen LogP contribution >= 0.6 is 0 Å². The molecule has 1 fully saturated rings. The van der Waals surface area contributed by atoms with Crippen LogP contribution in [-0.2, 0) is 17.8 Å². The van der Waals surface area contributed by atoms with Gasteiger partial charge in [0.05, 0.1) is 24.6 Å². The second-order valence-electron chi connectivity index (χ2n) is 9.65. The SMILES string of the molecule is CN(C)C1(N(Cc2ccccc2)Cc2ccccc2)COCCN1N(c1ccccc1)c1ccccc1. The van der Waals surface area contributed by atoms with Crippen LogP contribution in [0.15, 0.2) is 121 Å². The molecule has 0 radical (unpaired) electrons. The molecule has 5 rings (SSSR count). The lowest BCUT2D eigenvalue weighted by molar-refractivity contribution is -0.225. The van der Waals surface area contributed by atoms with Gasteiger partial charge in [0.1, 0.15) is 0 Å². The molecule has 0 saturated carbocycles. The average Bonchev–Trinajstić information content (AvgIpc) is 2.95. The quantitative estimate of drug-likeness (QED) is 0.267. The van der Waals surface area contributed by atoms with Crippen LogP contribution in [0, 0.1) is 0 Å². The topological polar surface area (TPSA) is 22.2 Å². The van der Waals surface area contributed by atoms with Crippen LogP contribution in [0.2, 0.25) is 0 Å². The van der Waals surface area contributed by atoms with E-state index in [1.807, 2.05) is 0 Å². The van der Waals surface area contributed by atoms with Crippen LogP contribution in [0.1, 0.15) is 11.1 Å². The maximum atomic E-state index is 6.30. The summed E-state index contributed by atoms with van der Waals surface area (Å²) in [6.45, 7) is 3.53. The van der Waals surface area contributed by atoms with E-state index in [0.717, 1.165) is 31.0 Å². The Bertz CT molecular complexity index is 1140. The monoisotopic (exact) mass is 492 g/mol. The predicted molar refractivity (Wildman–Crippen MR) is 151 cm³/mol. The van der Waals surface area contributed by atoms with Crippen LogP contribution in [0.4, 0.5) is 11.4 Å². The van der Waals surface area contributed by atoms with Gasteiger partial charge in [-0.1, -0.05) is 97.1 Å². The minimum Gasteiger partial charge on any atom is -0.375 e. The number of rotatable bonds is 9. The predicted octanol–water partition coefficient (Wildman–Crippen LogP) is 5.99. The number of morpholine rings is 1. The number of ether oxygens (including phenoxy) is 1. The van der Waals surface area contributed by atoms with Gasteiger partial charge in [0.25, 0.3) is 0 Å². The lowest BCUT2D eigenvalue weighted by Crippen LogP contribution is -2.75. The van der Waals surface area contributed by atoms with E-state index in [1.54, 1.807) is 0 Å². The number of nitrogens with zero attached hydrogens (tertiary/aromatic N) is 4. The first-order valence-electron chi connectivity index (χ1n) is 12.9. The fraction of sp³-hybridized carbons (Fsp3) is 0.250. The molecule has 1 atom stereocenters. The first-order valence-corrected chi connectivity index (χ1v) is 12.9. The summed E-state index contributed by atoms with van der Waals surface area (Å²) in [6.07, 6.45) is 0. The Morgan fingerprint density at radius 1 is 0.649 bits per heavy atom. The molecule has 1 heterocycles. The summed E-state index contributed by atoms with van der Waals surface area (Å²) in [5.41, 5.74) is 4.80. The van der Waals surface area contributed by atoms with Crippen molar-refractivity contribution in [2.24, 2.45) is 0 Å². The Labute approximate surface area is 221 Å². The fourth-order valence-electron chi connectivity index (χ4n) is 5.25. The molecule has 0 N–H and O–H groups in total. The van der Waals surface area contributed by atoms with E-state index >= 15 is 0 Å². The lowest BCUT2D eigenvalue weighted by atomic mass is 10.1. The van der Waals surface area contributed by atoms with Crippen molar-refractivity contribution in [3.8, 4) is 0 Å². The van der Waals surface area contributed by atoms with E-state index in [0.29, 0.717) is 13.2 Å². The van der Waals surface area contributed by atoms with Crippen LogP contribution in [-0.4, -0.2) is 54.4 Å². The van der Waals surface area contributed by atoms with Gasteiger partial charge in [0, 0.05) is 19.6 Å². The minimum absolute atomic E-state index is 0.546. The van der Waals surface area contributed by atoms with Crippen LogP contribution < -0.4 is 5.01 Å². The number of anilines is 2. The summed E-state index contributed by atoms with van der Waals surface area (Å²) >= 11 is 0. The first-order chi connectivity index (χ1) is 18.2. The van der Waals surface area contributed by atoms with Gasteiger partial charge in [-0.2, -0.15) is 5.01 Å². The van der Waals surface area contributed by atoms with Crippen molar-refractivity contribution in [2.45, 2.75) is 18.9 Å². The van der Waals surface area contributed by atoms with Gasteiger partial charge < -0.3 is 4.74 Å². The molecular weight excluding hydrogens is 456 g/mol. The van der Waals surface area contributed by atoms with Crippen molar-refractivity contribution < 1.29 is 4.74 Å². The van der Waals surface area contributed by atoms with E-state index in [9.17, 15) is 0 Å². The third kappa shape index (κ3) is 5.45. The number of hydrogen-bond donors (Lipinski definition) is 0. The Kier molecular flexibility index (Phi) is 7.97. The highest BCUT2D eigenvalue weighted by molar-refractivity contribution is 5.62. The van der Waals surface area contributed by atoms with E-state index in [1.165, 1.54) is 11.1 Å². The average molecular weight is 493 g/mol. The molecule has 0 bridgehead atoms. The molecule has 4 aromatic rings. The molecule has 37 heavy (non-hydrogen) atoms. The Morgan fingerprint density at radius 2 is 1.08 bits per heavy atom.